The van der Waals surface area contributed by atoms with E-state index < -0.39 is 0 Å². The fourth-order valence-corrected chi connectivity index (χ4v) is 4.65. The van der Waals surface area contributed by atoms with E-state index in [9.17, 15) is 9.90 Å². The highest BCUT2D eigenvalue weighted by Gasteiger charge is 2.46. The number of likely N-dealkylation sites (N-methyl/N-ethyl adjacent to an activating group) is 1. The highest BCUT2D eigenvalue weighted by atomic mass is 16.5. The number of carbonyl (C=O) groups excluding carboxylic acids is 1. The summed E-state index contributed by atoms with van der Waals surface area (Å²) in [5.41, 5.74) is 2.49. The minimum atomic E-state index is -0.200. The fourth-order valence-electron chi connectivity index (χ4n) is 4.65. The summed E-state index contributed by atoms with van der Waals surface area (Å²) in [5.74, 6) is 0.231. The molecule has 31 heavy (non-hydrogen) atoms. The summed E-state index contributed by atoms with van der Waals surface area (Å²) in [4.78, 5) is 15.1. The Balaban J connectivity index is 2.17. The molecule has 1 fully saturated rings. The first-order chi connectivity index (χ1) is 13.9. The number of aromatic hydroxyl groups is 1. The molecule has 0 aromatic heterocycles. The van der Waals surface area contributed by atoms with E-state index in [1.165, 1.54) is 0 Å². The Morgan fingerprint density at radius 1 is 1.06 bits per heavy atom. The van der Waals surface area contributed by atoms with Gasteiger partial charge in [0.05, 0.1) is 5.54 Å². The van der Waals surface area contributed by atoms with Crippen molar-refractivity contribution in [2.45, 2.75) is 123 Å². The number of ether oxygens (including phenoxy) is 1. The molecule has 4 nitrogen and oxygen atoms in total. The maximum atomic E-state index is 12.8. The van der Waals surface area contributed by atoms with Crippen molar-refractivity contribution in [1.29, 1.82) is 0 Å². The van der Waals surface area contributed by atoms with Crippen LogP contribution in [0.1, 0.15) is 105 Å². The van der Waals surface area contributed by atoms with Crippen molar-refractivity contribution in [2.75, 3.05) is 7.05 Å². The van der Waals surface area contributed by atoms with Crippen LogP contribution in [-0.2, 0) is 26.8 Å². The molecule has 1 atom stereocenters. The van der Waals surface area contributed by atoms with Crippen LogP contribution in [0.4, 0.5) is 0 Å². The molecule has 0 radical (unpaired) electrons. The Labute approximate surface area is 190 Å². The predicted octanol–water partition coefficient (Wildman–Crippen LogP) is 6.11. The first-order valence-corrected chi connectivity index (χ1v) is 11.7. The molecule has 1 N–H and O–H groups in total. The van der Waals surface area contributed by atoms with Crippen LogP contribution in [0.2, 0.25) is 0 Å². The van der Waals surface area contributed by atoms with E-state index in [0.29, 0.717) is 18.6 Å². The molecule has 0 bridgehead atoms. The number of carbonyl (C=O) groups is 1. The summed E-state index contributed by atoms with van der Waals surface area (Å²) < 4.78 is 5.98. The maximum absolute atomic E-state index is 12.8. The van der Waals surface area contributed by atoms with Crippen LogP contribution in [0.5, 0.6) is 5.75 Å². The smallest absolute Gasteiger partial charge is 0.306 e. The first-order valence-electron chi connectivity index (χ1n) is 11.7. The normalized spacial score (nSPS) is 21.7. The van der Waals surface area contributed by atoms with Gasteiger partial charge in [0.1, 0.15) is 11.9 Å². The third-order valence-corrected chi connectivity index (χ3v) is 7.26. The highest BCUT2D eigenvalue weighted by Crippen LogP contribution is 2.41. The number of piperidine rings is 1. The minimum absolute atomic E-state index is 0.102. The summed E-state index contributed by atoms with van der Waals surface area (Å²) in [7, 11) is 2.12. The van der Waals surface area contributed by atoms with E-state index in [0.717, 1.165) is 29.5 Å². The van der Waals surface area contributed by atoms with Gasteiger partial charge < -0.3 is 9.84 Å². The van der Waals surface area contributed by atoms with Crippen molar-refractivity contribution in [3.8, 4) is 5.75 Å². The van der Waals surface area contributed by atoms with Crippen molar-refractivity contribution in [1.82, 2.24) is 4.90 Å². The van der Waals surface area contributed by atoms with E-state index in [1.54, 1.807) is 0 Å². The van der Waals surface area contributed by atoms with Crippen molar-refractivity contribution < 1.29 is 14.6 Å². The van der Waals surface area contributed by atoms with Gasteiger partial charge in [-0.2, -0.15) is 0 Å². The molecule has 4 heteroatoms. The molecule has 0 aliphatic carbocycles. The van der Waals surface area contributed by atoms with Crippen LogP contribution in [0, 0.1) is 0 Å². The SMILES string of the molecule is CN1C(C)(C)CCC(OC(=O)CCc2cc(C(C)(C)C)c(O)c(C(C)(C)C)c2)C1(C)C. The lowest BCUT2D eigenvalue weighted by Gasteiger charge is -2.54. The molecule has 1 aliphatic rings. The lowest BCUT2D eigenvalue weighted by atomic mass is 9.78. The third kappa shape index (κ3) is 5.63. The van der Waals surface area contributed by atoms with Crippen molar-refractivity contribution in [2.24, 2.45) is 0 Å². The number of phenolic OH excluding ortho intramolecular Hbond substituents is 1. The van der Waals surface area contributed by atoms with Crippen molar-refractivity contribution >= 4 is 5.97 Å². The van der Waals surface area contributed by atoms with Gasteiger partial charge in [-0.15, -0.1) is 0 Å². The number of likely N-dealkylation sites (tertiary alicyclic amines) is 1. The zero-order valence-electron chi connectivity index (χ0n) is 21.8. The second-order valence-electron chi connectivity index (χ2n) is 12.6. The van der Waals surface area contributed by atoms with Gasteiger partial charge in [0.15, 0.2) is 0 Å². The summed E-state index contributed by atoms with van der Waals surface area (Å²) in [6.07, 6.45) is 2.75. The van der Waals surface area contributed by atoms with Crippen molar-refractivity contribution in [3.05, 3.63) is 28.8 Å². The van der Waals surface area contributed by atoms with Gasteiger partial charge in [-0.1, -0.05) is 53.7 Å². The lowest BCUT2D eigenvalue weighted by molar-refractivity contribution is -0.167. The van der Waals surface area contributed by atoms with E-state index in [-0.39, 0.29) is 34.0 Å². The lowest BCUT2D eigenvalue weighted by Crippen LogP contribution is -2.63. The van der Waals surface area contributed by atoms with Gasteiger partial charge in [0.25, 0.3) is 0 Å². The summed E-state index contributed by atoms with van der Waals surface area (Å²) in [6.45, 7) is 21.5. The summed E-state index contributed by atoms with van der Waals surface area (Å²) in [5, 5.41) is 10.9. The Morgan fingerprint density at radius 2 is 1.55 bits per heavy atom. The van der Waals surface area contributed by atoms with Gasteiger partial charge in [0.2, 0.25) is 0 Å². The number of hydrogen-bond donors (Lipinski definition) is 1. The van der Waals surface area contributed by atoms with E-state index in [2.05, 4.69) is 93.3 Å². The summed E-state index contributed by atoms with van der Waals surface area (Å²) in [6, 6.07) is 4.11. The van der Waals surface area contributed by atoms with Crippen LogP contribution in [0.3, 0.4) is 0 Å². The van der Waals surface area contributed by atoms with Crippen molar-refractivity contribution in [3.63, 3.8) is 0 Å². The molecule has 1 saturated heterocycles. The second kappa shape index (κ2) is 8.42. The molecule has 1 aromatic rings. The van der Waals surface area contributed by atoms with Gasteiger partial charge in [-0.3, -0.25) is 9.69 Å². The maximum Gasteiger partial charge on any atom is 0.306 e. The molecule has 0 spiro atoms. The van der Waals surface area contributed by atoms with Gasteiger partial charge >= 0.3 is 5.97 Å². The Bertz CT molecular complexity index is 774. The number of hydrogen-bond acceptors (Lipinski definition) is 4. The number of nitrogens with zero attached hydrogens (tertiary/aromatic N) is 1. The molecule has 0 saturated carbocycles. The van der Waals surface area contributed by atoms with E-state index in [4.69, 9.17) is 4.74 Å². The molecule has 1 aromatic carbocycles. The molecule has 2 rings (SSSR count). The van der Waals surface area contributed by atoms with Crippen LogP contribution < -0.4 is 0 Å². The van der Waals surface area contributed by atoms with E-state index in [1.807, 2.05) is 0 Å². The topological polar surface area (TPSA) is 49.8 Å². The minimum Gasteiger partial charge on any atom is -0.507 e. The predicted molar refractivity (Wildman–Crippen MR) is 129 cm³/mol. The molecule has 176 valence electrons. The Morgan fingerprint density at radius 3 is 2.00 bits per heavy atom. The molecular weight excluding hydrogens is 386 g/mol. The van der Waals surface area contributed by atoms with Crippen LogP contribution in [-0.4, -0.2) is 40.2 Å². The number of aryl methyl sites for hydroxylation is 1. The largest absolute Gasteiger partial charge is 0.507 e. The quantitative estimate of drug-likeness (QED) is 0.584. The molecule has 1 heterocycles. The first kappa shape index (κ1) is 25.7. The molecule has 1 aliphatic heterocycles. The van der Waals surface area contributed by atoms with Crippen LogP contribution >= 0.6 is 0 Å². The van der Waals surface area contributed by atoms with Crippen LogP contribution in [0.25, 0.3) is 0 Å². The van der Waals surface area contributed by atoms with E-state index >= 15 is 0 Å². The molecule has 0 amide bonds. The highest BCUT2D eigenvalue weighted by molar-refractivity contribution is 5.70. The number of phenols is 1. The van der Waals surface area contributed by atoms with Gasteiger partial charge in [-0.05, 0) is 81.5 Å². The second-order valence-corrected chi connectivity index (χ2v) is 12.6. The number of rotatable bonds is 4. The molecular formula is C27H45NO3. The Hall–Kier alpha value is -1.55. The number of benzene rings is 1. The fraction of sp³-hybridized carbons (Fsp3) is 0.741. The standard InChI is InChI=1S/C27H45NO3/c1-24(2,3)19-16-18(17-20(23(19)30)25(4,5)6)12-13-22(29)31-21-14-15-26(7,8)28(11)27(21,9)10/h16-17,21,30H,12-15H2,1-11H3. The zero-order chi connectivity index (χ0) is 24.0. The van der Waals surface area contributed by atoms with Gasteiger partial charge in [0, 0.05) is 12.0 Å². The monoisotopic (exact) mass is 431 g/mol. The third-order valence-electron chi connectivity index (χ3n) is 7.26. The zero-order valence-corrected chi connectivity index (χ0v) is 21.8. The number of esters is 1. The average Bonchev–Trinajstić information content (AvgIpc) is 2.60. The summed E-state index contributed by atoms with van der Waals surface area (Å²) >= 11 is 0. The Kier molecular flexibility index (Phi) is 6.98. The van der Waals surface area contributed by atoms with Gasteiger partial charge in [-0.25, -0.2) is 0 Å². The molecule has 1 unspecified atom stereocenters. The average molecular weight is 432 g/mol. The van der Waals surface area contributed by atoms with Crippen LogP contribution in [0.15, 0.2) is 12.1 Å².